The molecule has 1 atom stereocenters. The third-order valence-electron chi connectivity index (χ3n) is 2.78. The smallest absolute Gasteiger partial charge is 0.142 e. The molecule has 19 heavy (non-hydrogen) atoms. The fourth-order valence-corrected chi connectivity index (χ4v) is 2.05. The van der Waals surface area contributed by atoms with Crippen molar-refractivity contribution < 1.29 is 13.2 Å². The molecule has 2 aromatic rings. The number of nitrogens with two attached hydrogens (primary N) is 1. The van der Waals surface area contributed by atoms with Gasteiger partial charge in [0, 0.05) is 12.1 Å². The van der Waals surface area contributed by atoms with Crippen LogP contribution in [0.3, 0.4) is 0 Å². The Morgan fingerprint density at radius 3 is 2.32 bits per heavy atom. The zero-order chi connectivity index (χ0) is 14.0. The van der Waals surface area contributed by atoms with Gasteiger partial charge in [0.2, 0.25) is 0 Å². The van der Waals surface area contributed by atoms with Gasteiger partial charge in [-0.05, 0) is 35.7 Å². The Labute approximate surface area is 113 Å². The van der Waals surface area contributed by atoms with Gasteiger partial charge in [0.05, 0.1) is 5.02 Å². The lowest BCUT2D eigenvalue weighted by Crippen LogP contribution is -2.14. The second-order valence-corrected chi connectivity index (χ2v) is 4.60. The van der Waals surface area contributed by atoms with E-state index in [0.717, 1.165) is 18.2 Å². The highest BCUT2D eigenvalue weighted by Gasteiger charge is 2.13. The molecule has 0 heterocycles. The summed E-state index contributed by atoms with van der Waals surface area (Å²) in [5, 5.41) is -0.0187. The van der Waals surface area contributed by atoms with Crippen molar-refractivity contribution in [3.05, 3.63) is 70.0 Å². The molecular formula is C14H11ClF3N. The molecule has 0 saturated heterocycles. The lowest BCUT2D eigenvalue weighted by Gasteiger charge is -2.13. The van der Waals surface area contributed by atoms with E-state index < -0.39 is 23.5 Å². The lowest BCUT2D eigenvalue weighted by atomic mass is 9.99. The summed E-state index contributed by atoms with van der Waals surface area (Å²) >= 11 is 5.81. The van der Waals surface area contributed by atoms with E-state index in [9.17, 15) is 13.2 Å². The summed E-state index contributed by atoms with van der Waals surface area (Å²) in [6.07, 6.45) is 0.194. The van der Waals surface area contributed by atoms with Gasteiger partial charge in [0.25, 0.3) is 0 Å². The first-order chi connectivity index (χ1) is 8.97. The van der Waals surface area contributed by atoms with Crippen LogP contribution in [-0.2, 0) is 6.42 Å². The Kier molecular flexibility index (Phi) is 4.12. The molecule has 0 spiro atoms. The van der Waals surface area contributed by atoms with Crippen LogP contribution in [0.2, 0.25) is 5.02 Å². The Morgan fingerprint density at radius 1 is 1.05 bits per heavy atom. The predicted molar refractivity (Wildman–Crippen MR) is 68.4 cm³/mol. The summed E-state index contributed by atoms with van der Waals surface area (Å²) in [5.41, 5.74) is 6.67. The third-order valence-corrected chi connectivity index (χ3v) is 3.21. The van der Waals surface area contributed by atoms with Gasteiger partial charge >= 0.3 is 0 Å². The van der Waals surface area contributed by atoms with E-state index in [2.05, 4.69) is 0 Å². The number of halogens is 4. The summed E-state index contributed by atoms with van der Waals surface area (Å²) in [5.74, 6) is -1.94. The molecule has 0 amide bonds. The normalized spacial score (nSPS) is 12.5. The SMILES string of the molecule is NC(Cc1cccc(F)c1Cl)c1cc(F)cc(F)c1. The molecule has 100 valence electrons. The minimum Gasteiger partial charge on any atom is -0.324 e. The van der Waals surface area contributed by atoms with E-state index in [4.69, 9.17) is 17.3 Å². The predicted octanol–water partition coefficient (Wildman–Crippen LogP) is 4.00. The third kappa shape index (κ3) is 3.28. The Balaban J connectivity index is 2.25. The van der Waals surface area contributed by atoms with Crippen molar-refractivity contribution in [3.8, 4) is 0 Å². The average molecular weight is 286 g/mol. The van der Waals surface area contributed by atoms with Crippen LogP contribution in [0.4, 0.5) is 13.2 Å². The molecule has 0 aromatic heterocycles. The molecule has 0 fully saturated rings. The molecule has 0 aliphatic heterocycles. The minimum atomic E-state index is -0.698. The van der Waals surface area contributed by atoms with Crippen LogP contribution in [0, 0.1) is 17.5 Å². The first-order valence-corrected chi connectivity index (χ1v) is 5.99. The van der Waals surface area contributed by atoms with E-state index >= 15 is 0 Å². The fourth-order valence-electron chi connectivity index (χ4n) is 1.85. The van der Waals surface area contributed by atoms with Crippen LogP contribution in [0.25, 0.3) is 0 Å². The number of hydrogen-bond acceptors (Lipinski definition) is 1. The molecule has 1 nitrogen and oxygen atoms in total. The maximum atomic E-state index is 13.3. The highest BCUT2D eigenvalue weighted by atomic mass is 35.5. The number of benzene rings is 2. The molecule has 1 unspecified atom stereocenters. The molecule has 2 N–H and O–H groups in total. The standard InChI is InChI=1S/C14H11ClF3N/c15-14-8(2-1-3-12(14)18)6-13(19)9-4-10(16)7-11(17)5-9/h1-5,7,13H,6,19H2. The first-order valence-electron chi connectivity index (χ1n) is 5.62. The van der Waals surface area contributed by atoms with E-state index in [1.807, 2.05) is 0 Å². The van der Waals surface area contributed by atoms with Gasteiger partial charge in [-0.2, -0.15) is 0 Å². The summed E-state index contributed by atoms with van der Waals surface area (Å²) in [6, 6.07) is 6.78. The van der Waals surface area contributed by atoms with Crippen LogP contribution < -0.4 is 5.73 Å². The van der Waals surface area contributed by atoms with Crippen molar-refractivity contribution >= 4 is 11.6 Å². The van der Waals surface area contributed by atoms with Gasteiger partial charge in [-0.25, -0.2) is 13.2 Å². The monoisotopic (exact) mass is 285 g/mol. The Bertz CT molecular complexity index is 581. The molecular weight excluding hydrogens is 275 g/mol. The Morgan fingerprint density at radius 2 is 1.68 bits per heavy atom. The second-order valence-electron chi connectivity index (χ2n) is 4.23. The van der Waals surface area contributed by atoms with E-state index in [0.29, 0.717) is 11.1 Å². The van der Waals surface area contributed by atoms with Gasteiger partial charge in [-0.1, -0.05) is 23.7 Å². The maximum absolute atomic E-state index is 13.3. The van der Waals surface area contributed by atoms with Gasteiger partial charge in [0.1, 0.15) is 17.5 Å². The largest absolute Gasteiger partial charge is 0.324 e. The quantitative estimate of drug-likeness (QED) is 0.906. The van der Waals surface area contributed by atoms with Crippen LogP contribution in [-0.4, -0.2) is 0 Å². The first kappa shape index (κ1) is 13.9. The highest BCUT2D eigenvalue weighted by Crippen LogP contribution is 2.25. The van der Waals surface area contributed by atoms with Crippen LogP contribution in [0.1, 0.15) is 17.2 Å². The van der Waals surface area contributed by atoms with E-state index in [-0.39, 0.29) is 11.4 Å². The molecule has 0 saturated carbocycles. The van der Waals surface area contributed by atoms with Gasteiger partial charge in [0.15, 0.2) is 0 Å². The van der Waals surface area contributed by atoms with Crippen molar-refractivity contribution in [2.24, 2.45) is 5.73 Å². The molecule has 0 aliphatic carbocycles. The molecule has 0 aliphatic rings. The zero-order valence-corrected chi connectivity index (χ0v) is 10.6. The summed E-state index contributed by atoms with van der Waals surface area (Å²) in [7, 11) is 0. The lowest BCUT2D eigenvalue weighted by molar-refractivity contribution is 0.572. The van der Waals surface area contributed by atoms with Crippen LogP contribution in [0.5, 0.6) is 0 Å². The summed E-state index contributed by atoms with van der Waals surface area (Å²) in [4.78, 5) is 0. The zero-order valence-electron chi connectivity index (χ0n) is 9.84. The number of rotatable bonds is 3. The minimum absolute atomic E-state index is 0.0187. The second kappa shape index (κ2) is 5.63. The average Bonchev–Trinajstić information content (AvgIpc) is 2.33. The van der Waals surface area contributed by atoms with Crippen molar-refractivity contribution in [3.63, 3.8) is 0 Å². The molecule has 0 bridgehead atoms. The van der Waals surface area contributed by atoms with Crippen molar-refractivity contribution in [1.82, 2.24) is 0 Å². The van der Waals surface area contributed by atoms with Crippen molar-refractivity contribution in [1.29, 1.82) is 0 Å². The summed E-state index contributed by atoms with van der Waals surface area (Å²) in [6.45, 7) is 0. The van der Waals surface area contributed by atoms with E-state index in [1.165, 1.54) is 12.1 Å². The van der Waals surface area contributed by atoms with E-state index in [1.54, 1.807) is 6.07 Å². The molecule has 5 heteroatoms. The summed E-state index contributed by atoms with van der Waals surface area (Å²) < 4.78 is 39.4. The highest BCUT2D eigenvalue weighted by molar-refractivity contribution is 6.31. The van der Waals surface area contributed by atoms with Gasteiger partial charge in [-0.15, -0.1) is 0 Å². The fraction of sp³-hybridized carbons (Fsp3) is 0.143. The van der Waals surface area contributed by atoms with Gasteiger partial charge < -0.3 is 5.73 Å². The van der Waals surface area contributed by atoms with Gasteiger partial charge in [-0.3, -0.25) is 0 Å². The molecule has 2 aromatic carbocycles. The topological polar surface area (TPSA) is 26.0 Å². The van der Waals surface area contributed by atoms with Crippen molar-refractivity contribution in [2.75, 3.05) is 0 Å². The maximum Gasteiger partial charge on any atom is 0.142 e. The van der Waals surface area contributed by atoms with Crippen molar-refractivity contribution in [2.45, 2.75) is 12.5 Å². The number of hydrogen-bond donors (Lipinski definition) is 1. The Hall–Kier alpha value is -1.52. The van der Waals surface area contributed by atoms with Crippen LogP contribution >= 0.6 is 11.6 Å². The van der Waals surface area contributed by atoms with Crippen LogP contribution in [0.15, 0.2) is 36.4 Å². The molecule has 2 rings (SSSR count). The molecule has 0 radical (unpaired) electrons.